The lowest BCUT2D eigenvalue weighted by atomic mass is 10.1. The standard InChI is InChI=1S/C22H21FN2O4/c1-2-3-6-12-25-21(27)18-11-5-4-10-17(18)20(24-25)22(28)29-14-19(26)15-8-7-9-16(23)13-15/h4-5,7-11,13H,2-3,6,12,14H2,1H3. The molecule has 0 spiro atoms. The summed E-state index contributed by atoms with van der Waals surface area (Å²) in [5.74, 6) is -1.89. The summed E-state index contributed by atoms with van der Waals surface area (Å²) in [5, 5.41) is 4.93. The molecule has 0 radical (unpaired) electrons. The highest BCUT2D eigenvalue weighted by Crippen LogP contribution is 2.15. The Labute approximate surface area is 166 Å². The fraction of sp³-hybridized carbons (Fsp3) is 0.273. The summed E-state index contributed by atoms with van der Waals surface area (Å²) in [5.41, 5.74) is -0.187. The van der Waals surface area contributed by atoms with Crippen molar-refractivity contribution in [2.45, 2.75) is 32.7 Å². The Hall–Kier alpha value is -3.35. The Balaban J connectivity index is 1.85. The van der Waals surface area contributed by atoms with Gasteiger partial charge in [-0.3, -0.25) is 9.59 Å². The molecular weight excluding hydrogens is 375 g/mol. The molecule has 0 aliphatic heterocycles. The molecule has 0 aliphatic carbocycles. The Morgan fingerprint density at radius 2 is 1.83 bits per heavy atom. The van der Waals surface area contributed by atoms with Gasteiger partial charge in [-0.25, -0.2) is 13.9 Å². The minimum atomic E-state index is -0.810. The van der Waals surface area contributed by atoms with E-state index in [1.54, 1.807) is 24.3 Å². The van der Waals surface area contributed by atoms with E-state index in [0.717, 1.165) is 25.3 Å². The van der Waals surface area contributed by atoms with E-state index in [1.807, 2.05) is 0 Å². The number of fused-ring (bicyclic) bond motifs is 1. The second-order valence-electron chi connectivity index (χ2n) is 6.64. The number of nitrogens with zero attached hydrogens (tertiary/aromatic N) is 2. The Morgan fingerprint density at radius 3 is 2.55 bits per heavy atom. The molecule has 6 nitrogen and oxygen atoms in total. The van der Waals surface area contributed by atoms with Crippen molar-refractivity contribution in [1.82, 2.24) is 9.78 Å². The van der Waals surface area contributed by atoms with E-state index in [4.69, 9.17) is 4.74 Å². The van der Waals surface area contributed by atoms with Gasteiger partial charge in [-0.2, -0.15) is 5.10 Å². The summed E-state index contributed by atoms with van der Waals surface area (Å²) in [6.45, 7) is 1.89. The van der Waals surface area contributed by atoms with Crippen molar-refractivity contribution in [3.05, 3.63) is 76.0 Å². The van der Waals surface area contributed by atoms with Crippen molar-refractivity contribution < 1.29 is 18.7 Å². The van der Waals surface area contributed by atoms with Gasteiger partial charge in [0.25, 0.3) is 5.56 Å². The van der Waals surface area contributed by atoms with E-state index in [2.05, 4.69) is 12.0 Å². The predicted octanol–water partition coefficient (Wildman–Crippen LogP) is 3.77. The summed E-state index contributed by atoms with van der Waals surface area (Å²) in [6.07, 6.45) is 2.68. The molecule has 1 heterocycles. The lowest BCUT2D eigenvalue weighted by Crippen LogP contribution is -2.27. The highest BCUT2D eigenvalue weighted by atomic mass is 19.1. The number of ketones is 1. The lowest BCUT2D eigenvalue weighted by Gasteiger charge is -2.10. The van der Waals surface area contributed by atoms with Gasteiger partial charge in [0.05, 0.1) is 5.39 Å². The third-order valence-electron chi connectivity index (χ3n) is 4.52. The molecule has 0 saturated carbocycles. The van der Waals surface area contributed by atoms with Gasteiger partial charge in [-0.1, -0.05) is 50.1 Å². The number of hydrogen-bond donors (Lipinski definition) is 0. The Bertz CT molecular complexity index is 1110. The van der Waals surface area contributed by atoms with E-state index in [1.165, 1.54) is 22.9 Å². The summed E-state index contributed by atoms with van der Waals surface area (Å²) in [7, 11) is 0. The molecule has 29 heavy (non-hydrogen) atoms. The molecule has 3 aromatic rings. The van der Waals surface area contributed by atoms with Crippen LogP contribution in [-0.4, -0.2) is 28.1 Å². The van der Waals surface area contributed by atoms with Gasteiger partial charge < -0.3 is 4.74 Å². The first kappa shape index (κ1) is 20.4. The third-order valence-corrected chi connectivity index (χ3v) is 4.52. The number of aromatic nitrogens is 2. The predicted molar refractivity (Wildman–Crippen MR) is 107 cm³/mol. The maximum absolute atomic E-state index is 13.3. The van der Waals surface area contributed by atoms with Crippen LogP contribution >= 0.6 is 0 Å². The monoisotopic (exact) mass is 396 g/mol. The average molecular weight is 396 g/mol. The number of ether oxygens (including phenoxy) is 1. The number of hydrogen-bond acceptors (Lipinski definition) is 5. The second kappa shape index (κ2) is 9.23. The molecular formula is C22H21FN2O4. The molecule has 0 atom stereocenters. The van der Waals surface area contributed by atoms with Gasteiger partial charge in [0, 0.05) is 17.5 Å². The highest BCUT2D eigenvalue weighted by Gasteiger charge is 2.19. The molecule has 3 rings (SSSR count). The molecule has 0 N–H and O–H groups in total. The fourth-order valence-corrected chi connectivity index (χ4v) is 2.99. The van der Waals surface area contributed by atoms with Gasteiger partial charge >= 0.3 is 5.97 Å². The number of Topliss-reactive ketones (excluding diaryl/α,β-unsaturated/α-hetero) is 1. The summed E-state index contributed by atoms with van der Waals surface area (Å²) >= 11 is 0. The number of carbonyl (C=O) groups excluding carboxylic acids is 2. The Morgan fingerprint density at radius 1 is 1.07 bits per heavy atom. The fourth-order valence-electron chi connectivity index (χ4n) is 2.99. The van der Waals surface area contributed by atoms with Crippen molar-refractivity contribution in [2.24, 2.45) is 0 Å². The molecule has 0 fully saturated rings. The first-order valence-electron chi connectivity index (χ1n) is 9.47. The van der Waals surface area contributed by atoms with Crippen molar-refractivity contribution in [2.75, 3.05) is 6.61 Å². The first-order chi connectivity index (χ1) is 14.0. The SMILES string of the molecule is CCCCCn1nc(C(=O)OCC(=O)c2cccc(F)c2)c2ccccc2c1=O. The molecule has 150 valence electrons. The highest BCUT2D eigenvalue weighted by molar-refractivity contribution is 6.04. The summed E-state index contributed by atoms with van der Waals surface area (Å²) in [4.78, 5) is 37.4. The van der Waals surface area contributed by atoms with Crippen LogP contribution in [-0.2, 0) is 11.3 Å². The van der Waals surface area contributed by atoms with E-state index in [9.17, 15) is 18.8 Å². The topological polar surface area (TPSA) is 78.3 Å². The second-order valence-corrected chi connectivity index (χ2v) is 6.64. The zero-order valence-corrected chi connectivity index (χ0v) is 16.1. The molecule has 0 unspecified atom stereocenters. The first-order valence-corrected chi connectivity index (χ1v) is 9.47. The van der Waals surface area contributed by atoms with Crippen molar-refractivity contribution in [3.63, 3.8) is 0 Å². The number of halogens is 1. The maximum atomic E-state index is 13.3. The smallest absolute Gasteiger partial charge is 0.359 e. The van der Waals surface area contributed by atoms with Crippen LogP contribution in [0.2, 0.25) is 0 Å². The molecule has 7 heteroatoms. The number of unbranched alkanes of at least 4 members (excludes halogenated alkanes) is 2. The van der Waals surface area contributed by atoms with Gasteiger partial charge in [0.15, 0.2) is 18.1 Å². The van der Waals surface area contributed by atoms with Gasteiger partial charge in [-0.05, 0) is 24.6 Å². The Kier molecular flexibility index (Phi) is 6.49. The van der Waals surface area contributed by atoms with Gasteiger partial charge in [0.1, 0.15) is 5.82 Å². The largest absolute Gasteiger partial charge is 0.452 e. The van der Waals surface area contributed by atoms with Crippen LogP contribution in [0, 0.1) is 5.82 Å². The zero-order chi connectivity index (χ0) is 20.8. The van der Waals surface area contributed by atoms with E-state index in [0.29, 0.717) is 17.3 Å². The van der Waals surface area contributed by atoms with Crippen molar-refractivity contribution >= 4 is 22.5 Å². The van der Waals surface area contributed by atoms with E-state index >= 15 is 0 Å². The molecule has 1 aromatic heterocycles. The summed E-state index contributed by atoms with van der Waals surface area (Å²) < 4.78 is 19.7. The van der Waals surface area contributed by atoms with Crippen LogP contribution < -0.4 is 5.56 Å². The van der Waals surface area contributed by atoms with Crippen LogP contribution in [0.1, 0.15) is 47.0 Å². The van der Waals surface area contributed by atoms with Crippen molar-refractivity contribution in [1.29, 1.82) is 0 Å². The molecule has 0 amide bonds. The molecule has 2 aromatic carbocycles. The van der Waals surface area contributed by atoms with Crippen LogP contribution in [0.3, 0.4) is 0 Å². The number of carbonyl (C=O) groups is 2. The summed E-state index contributed by atoms with van der Waals surface area (Å²) in [6, 6.07) is 11.8. The van der Waals surface area contributed by atoms with E-state index in [-0.39, 0.29) is 16.8 Å². The number of rotatable bonds is 8. The number of aryl methyl sites for hydroxylation is 1. The van der Waals surface area contributed by atoms with E-state index < -0.39 is 24.2 Å². The molecule has 0 bridgehead atoms. The van der Waals surface area contributed by atoms with Crippen LogP contribution in [0.15, 0.2) is 53.3 Å². The molecule has 0 aliphatic rings. The van der Waals surface area contributed by atoms with Crippen molar-refractivity contribution in [3.8, 4) is 0 Å². The normalized spacial score (nSPS) is 10.8. The maximum Gasteiger partial charge on any atom is 0.359 e. The minimum absolute atomic E-state index is 0.0243. The minimum Gasteiger partial charge on any atom is -0.452 e. The molecule has 0 saturated heterocycles. The third kappa shape index (κ3) is 4.74. The quantitative estimate of drug-likeness (QED) is 0.329. The van der Waals surface area contributed by atoms with Crippen LogP contribution in [0.5, 0.6) is 0 Å². The number of esters is 1. The zero-order valence-electron chi connectivity index (χ0n) is 16.1. The van der Waals surface area contributed by atoms with Gasteiger partial charge in [-0.15, -0.1) is 0 Å². The van der Waals surface area contributed by atoms with Gasteiger partial charge in [0.2, 0.25) is 0 Å². The van der Waals surface area contributed by atoms with Crippen LogP contribution in [0.25, 0.3) is 10.8 Å². The van der Waals surface area contributed by atoms with Crippen LogP contribution in [0.4, 0.5) is 4.39 Å². The average Bonchev–Trinajstić information content (AvgIpc) is 2.73. The lowest BCUT2D eigenvalue weighted by molar-refractivity contribution is 0.0468. The number of benzene rings is 2.